The SMILES string of the molecule is CCCNC(CCc1ccccc1)C1CCOC1CC. The molecule has 1 aliphatic heterocycles. The lowest BCUT2D eigenvalue weighted by molar-refractivity contribution is 0.0765. The Labute approximate surface area is 123 Å². The quantitative estimate of drug-likeness (QED) is 0.779. The number of rotatable bonds is 8. The minimum atomic E-state index is 0.458. The van der Waals surface area contributed by atoms with Gasteiger partial charge in [-0.15, -0.1) is 0 Å². The first-order valence-electron chi connectivity index (χ1n) is 8.24. The minimum absolute atomic E-state index is 0.458. The molecule has 1 fully saturated rings. The lowest BCUT2D eigenvalue weighted by atomic mass is 9.87. The van der Waals surface area contributed by atoms with E-state index in [0.717, 1.165) is 26.0 Å². The molecule has 20 heavy (non-hydrogen) atoms. The summed E-state index contributed by atoms with van der Waals surface area (Å²) >= 11 is 0. The topological polar surface area (TPSA) is 21.3 Å². The zero-order chi connectivity index (χ0) is 14.2. The molecule has 0 aliphatic carbocycles. The Bertz CT molecular complexity index is 365. The van der Waals surface area contributed by atoms with E-state index in [-0.39, 0.29) is 0 Å². The predicted octanol–water partition coefficient (Wildman–Crippen LogP) is 3.80. The molecular weight excluding hydrogens is 246 g/mol. The van der Waals surface area contributed by atoms with Crippen molar-refractivity contribution in [2.75, 3.05) is 13.2 Å². The maximum Gasteiger partial charge on any atom is 0.0616 e. The molecule has 3 unspecified atom stereocenters. The second-order valence-corrected chi connectivity index (χ2v) is 5.85. The highest BCUT2D eigenvalue weighted by atomic mass is 16.5. The maximum absolute atomic E-state index is 5.89. The molecule has 1 aromatic carbocycles. The molecule has 1 saturated heterocycles. The Balaban J connectivity index is 1.92. The number of nitrogens with one attached hydrogen (secondary N) is 1. The zero-order valence-corrected chi connectivity index (χ0v) is 13.0. The van der Waals surface area contributed by atoms with Crippen molar-refractivity contribution in [1.82, 2.24) is 5.32 Å². The van der Waals surface area contributed by atoms with E-state index in [1.54, 1.807) is 0 Å². The first-order valence-corrected chi connectivity index (χ1v) is 8.24. The summed E-state index contributed by atoms with van der Waals surface area (Å²) in [5, 5.41) is 3.77. The van der Waals surface area contributed by atoms with Gasteiger partial charge in [0, 0.05) is 18.6 Å². The third-order valence-corrected chi connectivity index (χ3v) is 4.42. The van der Waals surface area contributed by atoms with Crippen molar-refractivity contribution in [3.05, 3.63) is 35.9 Å². The molecule has 0 saturated carbocycles. The van der Waals surface area contributed by atoms with E-state index in [0.29, 0.717) is 18.1 Å². The average molecular weight is 275 g/mol. The van der Waals surface area contributed by atoms with Crippen molar-refractivity contribution in [3.63, 3.8) is 0 Å². The van der Waals surface area contributed by atoms with Crippen molar-refractivity contribution in [1.29, 1.82) is 0 Å². The first-order chi connectivity index (χ1) is 9.85. The van der Waals surface area contributed by atoms with E-state index >= 15 is 0 Å². The summed E-state index contributed by atoms with van der Waals surface area (Å²) in [6, 6.07) is 11.4. The number of hydrogen-bond donors (Lipinski definition) is 1. The molecule has 1 N–H and O–H groups in total. The molecule has 0 aromatic heterocycles. The zero-order valence-electron chi connectivity index (χ0n) is 13.0. The summed E-state index contributed by atoms with van der Waals surface area (Å²) in [5.41, 5.74) is 1.45. The fraction of sp³-hybridized carbons (Fsp3) is 0.667. The second kappa shape index (κ2) is 8.43. The van der Waals surface area contributed by atoms with Gasteiger partial charge in [-0.25, -0.2) is 0 Å². The molecule has 0 radical (unpaired) electrons. The molecule has 1 aromatic rings. The fourth-order valence-corrected chi connectivity index (χ4v) is 3.31. The van der Waals surface area contributed by atoms with Gasteiger partial charge in [0.15, 0.2) is 0 Å². The largest absolute Gasteiger partial charge is 0.378 e. The van der Waals surface area contributed by atoms with Gasteiger partial charge in [-0.05, 0) is 44.2 Å². The van der Waals surface area contributed by atoms with E-state index < -0.39 is 0 Å². The van der Waals surface area contributed by atoms with E-state index in [1.807, 2.05) is 0 Å². The molecule has 1 heterocycles. The summed E-state index contributed by atoms with van der Waals surface area (Å²) in [5.74, 6) is 0.690. The molecule has 112 valence electrons. The maximum atomic E-state index is 5.89. The minimum Gasteiger partial charge on any atom is -0.378 e. The summed E-state index contributed by atoms with van der Waals surface area (Å²) in [6.07, 6.45) is 6.39. The highest BCUT2D eigenvalue weighted by Crippen LogP contribution is 2.28. The molecule has 2 rings (SSSR count). The van der Waals surface area contributed by atoms with Gasteiger partial charge in [0.25, 0.3) is 0 Å². The first kappa shape index (κ1) is 15.5. The van der Waals surface area contributed by atoms with Crippen LogP contribution in [-0.2, 0) is 11.2 Å². The summed E-state index contributed by atoms with van der Waals surface area (Å²) < 4.78 is 5.89. The van der Waals surface area contributed by atoms with Crippen LogP contribution < -0.4 is 5.32 Å². The Morgan fingerprint density at radius 2 is 2.05 bits per heavy atom. The van der Waals surface area contributed by atoms with Gasteiger partial charge in [-0.1, -0.05) is 44.2 Å². The smallest absolute Gasteiger partial charge is 0.0616 e. The summed E-state index contributed by atoms with van der Waals surface area (Å²) in [4.78, 5) is 0. The Kier molecular flexibility index (Phi) is 6.55. The highest BCUT2D eigenvalue weighted by molar-refractivity contribution is 5.15. The van der Waals surface area contributed by atoms with Gasteiger partial charge in [-0.2, -0.15) is 0 Å². The predicted molar refractivity (Wildman–Crippen MR) is 85.0 cm³/mol. The molecule has 2 nitrogen and oxygen atoms in total. The van der Waals surface area contributed by atoms with Crippen molar-refractivity contribution in [2.24, 2.45) is 5.92 Å². The van der Waals surface area contributed by atoms with Crippen LogP contribution in [0.25, 0.3) is 0 Å². The van der Waals surface area contributed by atoms with Crippen molar-refractivity contribution >= 4 is 0 Å². The standard InChI is InChI=1S/C18H29NO/c1-3-13-19-17(16-12-14-20-18(16)4-2)11-10-15-8-6-5-7-9-15/h5-9,16-19H,3-4,10-14H2,1-2H3. The molecule has 1 aliphatic rings. The van der Waals surface area contributed by atoms with Crippen LogP contribution in [0.3, 0.4) is 0 Å². The van der Waals surface area contributed by atoms with Crippen molar-refractivity contribution in [3.8, 4) is 0 Å². The van der Waals surface area contributed by atoms with Crippen LogP contribution in [0, 0.1) is 5.92 Å². The number of hydrogen-bond acceptors (Lipinski definition) is 2. The Morgan fingerprint density at radius 3 is 2.75 bits per heavy atom. The lowest BCUT2D eigenvalue weighted by Crippen LogP contribution is -2.40. The van der Waals surface area contributed by atoms with Crippen LogP contribution in [0.4, 0.5) is 0 Å². The second-order valence-electron chi connectivity index (χ2n) is 5.85. The van der Waals surface area contributed by atoms with Crippen molar-refractivity contribution in [2.45, 2.75) is 58.1 Å². The molecule has 0 amide bonds. The lowest BCUT2D eigenvalue weighted by Gasteiger charge is -2.28. The van der Waals surface area contributed by atoms with E-state index in [9.17, 15) is 0 Å². The fourth-order valence-electron chi connectivity index (χ4n) is 3.31. The summed E-state index contributed by atoms with van der Waals surface area (Å²) in [6.45, 7) is 6.55. The Hall–Kier alpha value is -0.860. The van der Waals surface area contributed by atoms with Crippen LogP contribution in [0.1, 0.15) is 45.1 Å². The number of aryl methyl sites for hydroxylation is 1. The van der Waals surface area contributed by atoms with Gasteiger partial charge in [-0.3, -0.25) is 0 Å². The Morgan fingerprint density at radius 1 is 1.25 bits per heavy atom. The van der Waals surface area contributed by atoms with E-state index in [2.05, 4.69) is 49.5 Å². The molecular formula is C18H29NO. The van der Waals surface area contributed by atoms with Gasteiger partial charge in [0.05, 0.1) is 6.10 Å². The van der Waals surface area contributed by atoms with Gasteiger partial charge < -0.3 is 10.1 Å². The van der Waals surface area contributed by atoms with Crippen molar-refractivity contribution < 1.29 is 4.74 Å². The molecule has 3 atom stereocenters. The monoisotopic (exact) mass is 275 g/mol. The van der Waals surface area contributed by atoms with Crippen LogP contribution in [0.2, 0.25) is 0 Å². The van der Waals surface area contributed by atoms with Crippen LogP contribution >= 0.6 is 0 Å². The molecule has 0 spiro atoms. The van der Waals surface area contributed by atoms with Gasteiger partial charge in [0.1, 0.15) is 0 Å². The average Bonchev–Trinajstić information content (AvgIpc) is 2.97. The van der Waals surface area contributed by atoms with E-state index in [4.69, 9.17) is 4.74 Å². The summed E-state index contributed by atoms with van der Waals surface area (Å²) in [7, 11) is 0. The number of ether oxygens (including phenoxy) is 1. The van der Waals surface area contributed by atoms with Gasteiger partial charge >= 0.3 is 0 Å². The van der Waals surface area contributed by atoms with Crippen LogP contribution in [-0.4, -0.2) is 25.3 Å². The van der Waals surface area contributed by atoms with E-state index in [1.165, 1.54) is 24.8 Å². The van der Waals surface area contributed by atoms with Crippen LogP contribution in [0.5, 0.6) is 0 Å². The molecule has 2 heteroatoms. The molecule has 0 bridgehead atoms. The highest BCUT2D eigenvalue weighted by Gasteiger charge is 2.32. The normalized spacial score (nSPS) is 23.9. The van der Waals surface area contributed by atoms with Crippen LogP contribution in [0.15, 0.2) is 30.3 Å². The number of benzene rings is 1. The van der Waals surface area contributed by atoms with Gasteiger partial charge in [0.2, 0.25) is 0 Å². The third kappa shape index (κ3) is 4.32. The third-order valence-electron chi connectivity index (χ3n) is 4.42.